The summed E-state index contributed by atoms with van der Waals surface area (Å²) < 4.78 is 0. The van der Waals surface area contributed by atoms with Gasteiger partial charge in [0.1, 0.15) is 11.6 Å². The van der Waals surface area contributed by atoms with Gasteiger partial charge in [0, 0.05) is 36.8 Å². The van der Waals surface area contributed by atoms with Gasteiger partial charge in [-0.1, -0.05) is 27.2 Å². The van der Waals surface area contributed by atoms with Crippen LogP contribution in [0.1, 0.15) is 63.9 Å². The lowest BCUT2D eigenvalue weighted by Gasteiger charge is -2.31. The molecule has 1 aliphatic rings. The molecular formula is C17H30N4. The first-order valence-electron chi connectivity index (χ1n) is 8.44. The molecule has 21 heavy (non-hydrogen) atoms. The summed E-state index contributed by atoms with van der Waals surface area (Å²) in [5, 5.41) is 3.64. The fourth-order valence-electron chi connectivity index (χ4n) is 2.91. The molecule has 0 radical (unpaired) electrons. The zero-order chi connectivity index (χ0) is 15.2. The van der Waals surface area contributed by atoms with Crippen LogP contribution in [0.15, 0.2) is 6.07 Å². The van der Waals surface area contributed by atoms with Crippen molar-refractivity contribution in [1.29, 1.82) is 0 Å². The average molecular weight is 290 g/mol. The van der Waals surface area contributed by atoms with Crippen LogP contribution < -0.4 is 10.2 Å². The molecule has 2 heterocycles. The molecule has 1 atom stereocenters. The summed E-state index contributed by atoms with van der Waals surface area (Å²) in [4.78, 5) is 11.8. The van der Waals surface area contributed by atoms with Crippen LogP contribution in [0.2, 0.25) is 0 Å². The Balaban J connectivity index is 2.16. The maximum atomic E-state index is 4.80. The van der Waals surface area contributed by atoms with E-state index >= 15 is 0 Å². The minimum atomic E-state index is 0.375. The van der Waals surface area contributed by atoms with Crippen molar-refractivity contribution in [2.45, 2.75) is 65.3 Å². The van der Waals surface area contributed by atoms with E-state index in [-0.39, 0.29) is 0 Å². The Labute approximate surface area is 129 Å². The van der Waals surface area contributed by atoms with Crippen LogP contribution in [0.5, 0.6) is 0 Å². The average Bonchev–Trinajstić information content (AvgIpc) is 2.47. The molecule has 1 aliphatic heterocycles. The van der Waals surface area contributed by atoms with Crippen molar-refractivity contribution < 1.29 is 0 Å². The maximum Gasteiger partial charge on any atom is 0.133 e. The highest BCUT2D eigenvalue weighted by Crippen LogP contribution is 2.19. The molecule has 0 aliphatic carbocycles. The Kier molecular flexibility index (Phi) is 5.97. The molecule has 0 spiro atoms. The SMILES string of the molecule is CCCN(CC1CCCCN1)c1cc(C)nc(C(C)C)n1. The van der Waals surface area contributed by atoms with Gasteiger partial charge >= 0.3 is 0 Å². The Morgan fingerprint density at radius 3 is 2.76 bits per heavy atom. The summed E-state index contributed by atoms with van der Waals surface area (Å²) >= 11 is 0. The van der Waals surface area contributed by atoms with Gasteiger partial charge in [-0.05, 0) is 32.7 Å². The highest BCUT2D eigenvalue weighted by atomic mass is 15.2. The highest BCUT2D eigenvalue weighted by molar-refractivity contribution is 5.40. The minimum Gasteiger partial charge on any atom is -0.355 e. The Hall–Kier alpha value is -1.16. The molecule has 0 amide bonds. The van der Waals surface area contributed by atoms with Crippen LogP contribution in [0.25, 0.3) is 0 Å². The number of piperidine rings is 1. The number of hydrogen-bond acceptors (Lipinski definition) is 4. The van der Waals surface area contributed by atoms with Crippen LogP contribution in [0.3, 0.4) is 0 Å². The predicted molar refractivity (Wildman–Crippen MR) is 89.0 cm³/mol. The van der Waals surface area contributed by atoms with Crippen molar-refractivity contribution in [3.63, 3.8) is 0 Å². The van der Waals surface area contributed by atoms with E-state index in [4.69, 9.17) is 4.98 Å². The summed E-state index contributed by atoms with van der Waals surface area (Å²) in [6, 6.07) is 2.73. The number of nitrogens with zero attached hydrogens (tertiary/aromatic N) is 3. The molecule has 118 valence electrons. The molecule has 0 saturated carbocycles. The Morgan fingerprint density at radius 2 is 2.14 bits per heavy atom. The molecular weight excluding hydrogens is 260 g/mol. The summed E-state index contributed by atoms with van der Waals surface area (Å²) in [5.41, 5.74) is 1.07. The van der Waals surface area contributed by atoms with Crippen LogP contribution >= 0.6 is 0 Å². The zero-order valence-electron chi connectivity index (χ0n) is 14.0. The number of anilines is 1. The van der Waals surface area contributed by atoms with E-state index in [1.165, 1.54) is 19.3 Å². The number of aryl methyl sites for hydroxylation is 1. The van der Waals surface area contributed by atoms with E-state index < -0.39 is 0 Å². The van der Waals surface area contributed by atoms with Gasteiger partial charge in [-0.3, -0.25) is 0 Å². The van der Waals surface area contributed by atoms with Gasteiger partial charge in [-0.2, -0.15) is 0 Å². The molecule has 1 aromatic rings. The lowest BCUT2D eigenvalue weighted by molar-refractivity contribution is 0.398. The smallest absolute Gasteiger partial charge is 0.133 e. The van der Waals surface area contributed by atoms with Crippen LogP contribution in [-0.2, 0) is 0 Å². The normalized spacial score (nSPS) is 19.0. The lowest BCUT2D eigenvalue weighted by Crippen LogP contribution is -2.44. The van der Waals surface area contributed by atoms with Crippen LogP contribution in [-0.4, -0.2) is 35.6 Å². The lowest BCUT2D eigenvalue weighted by atomic mass is 10.0. The first-order valence-corrected chi connectivity index (χ1v) is 8.44. The van der Waals surface area contributed by atoms with Gasteiger partial charge in [-0.25, -0.2) is 9.97 Å². The molecule has 1 fully saturated rings. The van der Waals surface area contributed by atoms with Gasteiger partial charge in [0.25, 0.3) is 0 Å². The standard InChI is InChI=1S/C17H30N4/c1-5-10-21(12-15-8-6-7-9-18-15)16-11-14(4)19-17(20-16)13(2)3/h11,13,15,18H,5-10,12H2,1-4H3. The number of aromatic nitrogens is 2. The molecule has 4 heteroatoms. The first kappa shape index (κ1) is 16.2. The van der Waals surface area contributed by atoms with Crippen LogP contribution in [0, 0.1) is 6.92 Å². The molecule has 1 aromatic heterocycles. The number of nitrogens with one attached hydrogen (secondary N) is 1. The second-order valence-corrected chi connectivity index (χ2v) is 6.47. The second kappa shape index (κ2) is 7.74. The second-order valence-electron chi connectivity index (χ2n) is 6.47. The molecule has 1 N–H and O–H groups in total. The van der Waals surface area contributed by atoms with E-state index in [9.17, 15) is 0 Å². The van der Waals surface area contributed by atoms with Gasteiger partial charge in [0.15, 0.2) is 0 Å². The van der Waals surface area contributed by atoms with Crippen molar-refractivity contribution in [3.8, 4) is 0 Å². The molecule has 2 rings (SSSR count). The van der Waals surface area contributed by atoms with Crippen molar-refractivity contribution in [2.24, 2.45) is 0 Å². The van der Waals surface area contributed by atoms with Gasteiger partial charge in [-0.15, -0.1) is 0 Å². The van der Waals surface area contributed by atoms with Crippen molar-refractivity contribution in [3.05, 3.63) is 17.6 Å². The summed E-state index contributed by atoms with van der Waals surface area (Å²) in [5.74, 6) is 2.43. The van der Waals surface area contributed by atoms with Gasteiger partial charge in [0.05, 0.1) is 0 Å². The van der Waals surface area contributed by atoms with E-state index in [0.29, 0.717) is 12.0 Å². The third-order valence-electron chi connectivity index (χ3n) is 4.05. The fourth-order valence-corrected chi connectivity index (χ4v) is 2.91. The third-order valence-corrected chi connectivity index (χ3v) is 4.05. The monoisotopic (exact) mass is 290 g/mol. The van der Waals surface area contributed by atoms with E-state index in [0.717, 1.165) is 43.4 Å². The molecule has 0 aromatic carbocycles. The summed E-state index contributed by atoms with van der Waals surface area (Å²) in [6.45, 7) is 11.9. The largest absolute Gasteiger partial charge is 0.355 e. The predicted octanol–water partition coefficient (Wildman–Crippen LogP) is 3.27. The fraction of sp³-hybridized carbons (Fsp3) is 0.765. The van der Waals surface area contributed by atoms with E-state index in [2.05, 4.69) is 49.0 Å². The molecule has 1 unspecified atom stereocenters. The van der Waals surface area contributed by atoms with Gasteiger partial charge in [0.2, 0.25) is 0 Å². The Morgan fingerprint density at radius 1 is 1.33 bits per heavy atom. The molecule has 4 nitrogen and oxygen atoms in total. The first-order chi connectivity index (χ1) is 10.1. The quantitative estimate of drug-likeness (QED) is 0.873. The molecule has 1 saturated heterocycles. The minimum absolute atomic E-state index is 0.375. The maximum absolute atomic E-state index is 4.80. The van der Waals surface area contributed by atoms with Crippen molar-refractivity contribution >= 4 is 5.82 Å². The van der Waals surface area contributed by atoms with E-state index in [1.54, 1.807) is 0 Å². The van der Waals surface area contributed by atoms with Gasteiger partial charge < -0.3 is 10.2 Å². The summed E-state index contributed by atoms with van der Waals surface area (Å²) in [6.07, 6.45) is 5.08. The zero-order valence-corrected chi connectivity index (χ0v) is 14.0. The van der Waals surface area contributed by atoms with Crippen molar-refractivity contribution in [1.82, 2.24) is 15.3 Å². The Bertz CT molecular complexity index is 438. The topological polar surface area (TPSA) is 41.0 Å². The molecule has 0 bridgehead atoms. The van der Waals surface area contributed by atoms with E-state index in [1.807, 2.05) is 0 Å². The van der Waals surface area contributed by atoms with Crippen LogP contribution in [0.4, 0.5) is 5.82 Å². The third kappa shape index (κ3) is 4.67. The highest BCUT2D eigenvalue weighted by Gasteiger charge is 2.18. The number of rotatable bonds is 6. The van der Waals surface area contributed by atoms with Crippen molar-refractivity contribution in [2.75, 3.05) is 24.5 Å². The number of hydrogen-bond donors (Lipinski definition) is 1. The summed E-state index contributed by atoms with van der Waals surface area (Å²) in [7, 11) is 0.